The van der Waals surface area contributed by atoms with Crippen LogP contribution >= 0.6 is 0 Å². The first-order valence-electron chi connectivity index (χ1n) is 11.5. The van der Waals surface area contributed by atoms with Crippen molar-refractivity contribution in [2.24, 2.45) is 0 Å². The van der Waals surface area contributed by atoms with Crippen molar-refractivity contribution < 1.29 is 14.1 Å². The second kappa shape index (κ2) is 7.96. The molecule has 5 rings (SSSR count). The Morgan fingerprint density at radius 2 is 1.67 bits per heavy atom. The van der Waals surface area contributed by atoms with Crippen LogP contribution < -0.4 is 4.74 Å². The van der Waals surface area contributed by atoms with E-state index >= 15 is 0 Å². The second-order valence-electron chi connectivity index (χ2n) is 9.96. The molecule has 0 unspecified atom stereocenters. The van der Waals surface area contributed by atoms with Crippen LogP contribution in [0, 0.1) is 6.92 Å². The number of rotatable bonds is 2. The zero-order chi connectivity index (χ0) is 23.4. The molecular weight excluding hydrogens is 432 g/mol. The van der Waals surface area contributed by atoms with Crippen LogP contribution in [0.2, 0.25) is 0 Å². The van der Waals surface area contributed by atoms with E-state index in [0.717, 1.165) is 29.2 Å². The Morgan fingerprint density at radius 1 is 1.00 bits per heavy atom. The first-order chi connectivity index (χ1) is 15.7. The number of hydrogen-bond donors (Lipinski definition) is 0. The minimum Gasteiger partial charge on any atom is -0.611 e. The number of aromatic nitrogens is 1. The number of carbonyl (C=O) groups is 1. The number of piperidine rings is 1. The van der Waals surface area contributed by atoms with Crippen molar-refractivity contribution in [3.8, 4) is 11.4 Å². The lowest BCUT2D eigenvalue weighted by Gasteiger charge is -2.45. The molecule has 1 saturated heterocycles. The number of hydrogen-bond acceptors (Lipinski definition) is 3. The highest BCUT2D eigenvalue weighted by molar-refractivity contribution is 7.92. The summed E-state index contributed by atoms with van der Waals surface area (Å²) in [4.78, 5) is 15.9. The minimum absolute atomic E-state index is 0.0145. The van der Waals surface area contributed by atoms with Gasteiger partial charge in [0.25, 0.3) is 5.91 Å². The first-order valence-corrected chi connectivity index (χ1v) is 12.6. The number of fused-ring (bicyclic) bond motifs is 4. The van der Waals surface area contributed by atoms with Gasteiger partial charge in [-0.25, -0.2) is 0 Å². The zero-order valence-electron chi connectivity index (χ0n) is 19.6. The SMILES string of the molecule is Cc1ccc2n1-c1ccccc1OC21CCN(C(=O)c2ccc([S@@+]([O-])C(C)(C)C)cc2)CC1. The Balaban J connectivity index is 1.34. The summed E-state index contributed by atoms with van der Waals surface area (Å²) >= 11 is -1.12. The predicted molar refractivity (Wildman–Crippen MR) is 131 cm³/mol. The summed E-state index contributed by atoms with van der Waals surface area (Å²) in [7, 11) is 0. The van der Waals surface area contributed by atoms with Gasteiger partial charge in [-0.1, -0.05) is 12.1 Å². The fourth-order valence-corrected chi connectivity index (χ4v) is 5.98. The number of benzene rings is 2. The number of nitrogens with zero attached hydrogens (tertiary/aromatic N) is 2. The Kier molecular flexibility index (Phi) is 5.33. The number of ether oxygens (including phenoxy) is 1. The van der Waals surface area contributed by atoms with Gasteiger partial charge in [-0.15, -0.1) is 0 Å². The van der Waals surface area contributed by atoms with Gasteiger partial charge < -0.3 is 18.8 Å². The molecule has 0 radical (unpaired) electrons. The van der Waals surface area contributed by atoms with E-state index in [1.54, 1.807) is 12.1 Å². The van der Waals surface area contributed by atoms with Crippen LogP contribution in [0.5, 0.6) is 5.75 Å². The number of carbonyl (C=O) groups excluding carboxylic acids is 1. The molecule has 5 nitrogen and oxygen atoms in total. The molecule has 2 aliphatic rings. The molecule has 1 atom stereocenters. The third-order valence-corrected chi connectivity index (χ3v) is 8.50. The summed E-state index contributed by atoms with van der Waals surface area (Å²) in [5.41, 5.74) is 3.64. The Morgan fingerprint density at radius 3 is 2.33 bits per heavy atom. The van der Waals surface area contributed by atoms with Crippen molar-refractivity contribution in [2.45, 2.75) is 55.8 Å². The van der Waals surface area contributed by atoms with Crippen molar-refractivity contribution in [1.29, 1.82) is 0 Å². The molecule has 1 aromatic heterocycles. The van der Waals surface area contributed by atoms with Gasteiger partial charge in [0, 0.05) is 37.2 Å². The summed E-state index contributed by atoms with van der Waals surface area (Å²) in [6.07, 6.45) is 1.48. The third kappa shape index (κ3) is 3.75. The lowest BCUT2D eigenvalue weighted by molar-refractivity contribution is -0.00946. The molecule has 0 aliphatic carbocycles. The zero-order valence-corrected chi connectivity index (χ0v) is 20.4. The monoisotopic (exact) mass is 462 g/mol. The molecule has 33 heavy (non-hydrogen) atoms. The molecule has 1 fully saturated rings. The summed E-state index contributed by atoms with van der Waals surface area (Å²) in [6, 6.07) is 19.7. The topological polar surface area (TPSA) is 57.5 Å². The van der Waals surface area contributed by atoms with Gasteiger partial charge in [0.1, 0.15) is 10.5 Å². The highest BCUT2D eigenvalue weighted by Crippen LogP contribution is 2.45. The summed E-state index contributed by atoms with van der Waals surface area (Å²) in [5, 5.41) is 0. The molecular formula is C27H30N2O3S. The molecule has 1 amide bonds. The maximum Gasteiger partial charge on any atom is 0.253 e. The Labute approximate surface area is 198 Å². The quantitative estimate of drug-likeness (QED) is 0.491. The lowest BCUT2D eigenvalue weighted by Crippen LogP contribution is -2.50. The molecule has 1 spiro atoms. The molecule has 6 heteroatoms. The molecule has 3 heterocycles. The van der Waals surface area contributed by atoms with Crippen LogP contribution in [0.15, 0.2) is 65.6 Å². The molecule has 0 N–H and O–H groups in total. The average Bonchev–Trinajstić information content (AvgIpc) is 3.21. The summed E-state index contributed by atoms with van der Waals surface area (Å²) in [6.45, 7) is 9.23. The second-order valence-corrected chi connectivity index (χ2v) is 12.2. The Hall–Kier alpha value is -2.70. The van der Waals surface area contributed by atoms with Crippen molar-refractivity contribution in [3.63, 3.8) is 0 Å². The molecule has 0 bridgehead atoms. The van der Waals surface area contributed by atoms with E-state index in [0.29, 0.717) is 18.7 Å². The van der Waals surface area contributed by atoms with Crippen LogP contribution in [0.4, 0.5) is 0 Å². The molecule has 0 saturated carbocycles. The van der Waals surface area contributed by atoms with Gasteiger partial charge >= 0.3 is 0 Å². The van der Waals surface area contributed by atoms with Crippen molar-refractivity contribution >= 4 is 17.1 Å². The summed E-state index contributed by atoms with van der Waals surface area (Å²) in [5.74, 6) is 0.909. The molecule has 2 aromatic carbocycles. The van der Waals surface area contributed by atoms with Gasteiger partial charge in [0.05, 0.1) is 11.4 Å². The van der Waals surface area contributed by atoms with Crippen molar-refractivity contribution in [1.82, 2.24) is 9.47 Å². The van der Waals surface area contributed by atoms with Crippen LogP contribution in [0.25, 0.3) is 5.69 Å². The van der Waals surface area contributed by atoms with Crippen LogP contribution in [0.3, 0.4) is 0 Å². The minimum atomic E-state index is -1.12. The van der Waals surface area contributed by atoms with E-state index in [1.165, 1.54) is 11.4 Å². The van der Waals surface area contributed by atoms with E-state index in [4.69, 9.17) is 4.74 Å². The smallest absolute Gasteiger partial charge is 0.253 e. The lowest BCUT2D eigenvalue weighted by atomic mass is 9.86. The number of aryl methyl sites for hydroxylation is 1. The normalized spacial score (nSPS) is 17.8. The maximum absolute atomic E-state index is 13.2. The summed E-state index contributed by atoms with van der Waals surface area (Å²) < 4.78 is 21.2. The van der Waals surface area contributed by atoms with E-state index < -0.39 is 16.8 Å². The van der Waals surface area contributed by atoms with E-state index in [9.17, 15) is 9.35 Å². The molecule has 2 aliphatic heterocycles. The first kappa shape index (κ1) is 22.1. The predicted octanol–water partition coefficient (Wildman–Crippen LogP) is 5.22. The highest BCUT2D eigenvalue weighted by atomic mass is 32.2. The Bertz CT molecular complexity index is 1180. The van der Waals surface area contributed by atoms with Gasteiger partial charge in [-0.3, -0.25) is 4.79 Å². The van der Waals surface area contributed by atoms with E-state index in [-0.39, 0.29) is 10.7 Å². The van der Waals surface area contributed by atoms with Crippen LogP contribution in [-0.2, 0) is 16.8 Å². The molecule has 3 aromatic rings. The van der Waals surface area contributed by atoms with Crippen LogP contribution in [-0.4, -0.2) is 37.8 Å². The van der Waals surface area contributed by atoms with Crippen molar-refractivity contribution in [3.05, 3.63) is 77.6 Å². The van der Waals surface area contributed by atoms with Gasteiger partial charge in [0.2, 0.25) is 0 Å². The van der Waals surface area contributed by atoms with E-state index in [1.807, 2.05) is 56.0 Å². The van der Waals surface area contributed by atoms with Crippen LogP contribution in [0.1, 0.15) is 55.4 Å². The number of likely N-dealkylation sites (tertiary alicyclic amines) is 1. The molecule has 172 valence electrons. The number of amides is 1. The standard InChI is InChI=1S/C27H30N2O3S/c1-19-9-14-24-27(32-23-8-6-5-7-22(23)29(19)24)15-17-28(18-16-27)25(30)20-10-12-21(13-11-20)33(31)26(2,3)4/h5-14H,15-18H2,1-4H3/t33-/m1/s1. The van der Waals surface area contributed by atoms with Gasteiger partial charge in [-0.2, -0.15) is 0 Å². The fraction of sp³-hybridized carbons (Fsp3) is 0.370. The van der Waals surface area contributed by atoms with Gasteiger partial charge in [0.15, 0.2) is 10.5 Å². The largest absolute Gasteiger partial charge is 0.611 e. The van der Waals surface area contributed by atoms with Gasteiger partial charge in [-0.05, 0) is 87.4 Å². The highest BCUT2D eigenvalue weighted by Gasteiger charge is 2.45. The average molecular weight is 463 g/mol. The number of para-hydroxylation sites is 2. The third-order valence-electron chi connectivity index (χ3n) is 6.68. The van der Waals surface area contributed by atoms with Crippen molar-refractivity contribution in [2.75, 3.05) is 13.1 Å². The fourth-order valence-electron chi connectivity index (χ4n) is 4.89. The maximum atomic E-state index is 13.2. The van der Waals surface area contributed by atoms with E-state index in [2.05, 4.69) is 29.7 Å².